The fraction of sp³-hybridized carbons (Fsp3) is 0.370. The average molecular weight is 496 g/mol. The molecule has 1 amide bonds. The number of rotatable bonds is 4. The molecule has 2 unspecified atom stereocenters. The van der Waals surface area contributed by atoms with E-state index in [4.69, 9.17) is 9.15 Å². The van der Waals surface area contributed by atoms with Gasteiger partial charge in [0.2, 0.25) is 5.91 Å². The lowest BCUT2D eigenvalue weighted by Crippen LogP contribution is -2.41. The average Bonchev–Trinajstić information content (AvgIpc) is 3.17. The Labute approximate surface area is 198 Å². The smallest absolute Gasteiger partial charge is 0.246 e. The van der Waals surface area contributed by atoms with Gasteiger partial charge in [0, 0.05) is 45.7 Å². The molecule has 168 valence electrons. The first kappa shape index (κ1) is 22.7. The molecule has 2 heterocycles. The molecule has 4 rings (SSSR count). The van der Waals surface area contributed by atoms with Crippen molar-refractivity contribution in [2.75, 3.05) is 20.2 Å². The number of ether oxygens (including phenoxy) is 1. The van der Waals surface area contributed by atoms with Crippen LogP contribution >= 0.6 is 15.9 Å². The number of nitrogens with zero attached hydrogens (tertiary/aromatic N) is 1. The number of likely N-dealkylation sites (tertiary alicyclic amines) is 1. The second-order valence-electron chi connectivity index (χ2n) is 9.13. The number of hydrogen-bond donors (Lipinski definition) is 0. The third-order valence-electron chi connectivity index (χ3n) is 6.35. The van der Waals surface area contributed by atoms with Crippen molar-refractivity contribution in [2.45, 2.75) is 34.1 Å². The zero-order valence-corrected chi connectivity index (χ0v) is 21.0. The summed E-state index contributed by atoms with van der Waals surface area (Å²) < 4.78 is 12.8. The summed E-state index contributed by atoms with van der Waals surface area (Å²) in [5.41, 5.74) is 5.66. The Morgan fingerprint density at radius 3 is 2.47 bits per heavy atom. The summed E-state index contributed by atoms with van der Waals surface area (Å²) >= 11 is 3.50. The Kier molecular flexibility index (Phi) is 6.47. The first-order valence-electron chi connectivity index (χ1n) is 11.1. The molecule has 0 radical (unpaired) electrons. The number of allylic oxidation sites excluding steroid dienone is 1. The van der Waals surface area contributed by atoms with Crippen molar-refractivity contribution in [1.82, 2.24) is 4.90 Å². The zero-order chi connectivity index (χ0) is 23.0. The fourth-order valence-corrected chi connectivity index (χ4v) is 5.19. The Morgan fingerprint density at radius 2 is 1.84 bits per heavy atom. The molecule has 0 saturated carbocycles. The van der Waals surface area contributed by atoms with Crippen molar-refractivity contribution < 1.29 is 13.9 Å². The second kappa shape index (κ2) is 9.14. The van der Waals surface area contributed by atoms with Crippen molar-refractivity contribution in [3.8, 4) is 16.9 Å². The molecule has 5 heteroatoms. The van der Waals surface area contributed by atoms with Crippen molar-refractivity contribution >= 4 is 38.4 Å². The van der Waals surface area contributed by atoms with E-state index >= 15 is 0 Å². The Balaban J connectivity index is 1.77. The van der Waals surface area contributed by atoms with Crippen LogP contribution in [0, 0.1) is 18.8 Å². The topological polar surface area (TPSA) is 42.7 Å². The molecule has 1 aliphatic rings. The molecule has 0 bridgehead atoms. The molecular formula is C27H30BrNO3. The first-order valence-corrected chi connectivity index (χ1v) is 11.9. The number of halogens is 1. The Bertz CT molecular complexity index is 1170. The second-order valence-corrected chi connectivity index (χ2v) is 10.0. The van der Waals surface area contributed by atoms with Gasteiger partial charge in [0.15, 0.2) is 0 Å². The predicted molar refractivity (Wildman–Crippen MR) is 134 cm³/mol. The summed E-state index contributed by atoms with van der Waals surface area (Å²) in [6.07, 6.45) is 4.73. The maximum absolute atomic E-state index is 13.1. The van der Waals surface area contributed by atoms with Crippen LogP contribution < -0.4 is 4.74 Å². The molecule has 1 aromatic heterocycles. The molecule has 32 heavy (non-hydrogen) atoms. The molecule has 0 N–H and O–H groups in total. The molecule has 4 nitrogen and oxygen atoms in total. The van der Waals surface area contributed by atoms with Gasteiger partial charge in [-0.1, -0.05) is 41.9 Å². The number of benzene rings is 2. The van der Waals surface area contributed by atoms with Crippen LogP contribution in [0.25, 0.3) is 27.7 Å². The summed E-state index contributed by atoms with van der Waals surface area (Å²) in [5.74, 6) is 1.88. The summed E-state index contributed by atoms with van der Waals surface area (Å²) in [6.45, 7) is 10.1. The maximum Gasteiger partial charge on any atom is 0.246 e. The third kappa shape index (κ3) is 4.36. The molecule has 1 aliphatic heterocycles. The van der Waals surface area contributed by atoms with Gasteiger partial charge >= 0.3 is 0 Å². The number of aryl methyl sites for hydroxylation is 1. The Morgan fingerprint density at radius 1 is 1.19 bits per heavy atom. The summed E-state index contributed by atoms with van der Waals surface area (Å²) in [7, 11) is 1.67. The molecule has 1 fully saturated rings. The standard InChI is InChI=1S/C27H30BrNO3/c1-16-10-17(2)14-29(13-16)25(30)11-18(3)22-12-23-24(20-6-8-21(28)9-7-20)15-32-27(23)19(4)26(22)31-5/h6-9,11-12,15-17H,10,13-14H2,1-5H3/b18-11+. The number of amides is 1. The van der Waals surface area contributed by atoms with Gasteiger partial charge in [-0.15, -0.1) is 0 Å². The van der Waals surface area contributed by atoms with Crippen LogP contribution in [0.15, 0.2) is 51.6 Å². The highest BCUT2D eigenvalue weighted by molar-refractivity contribution is 9.10. The highest BCUT2D eigenvalue weighted by Crippen LogP contribution is 2.40. The van der Waals surface area contributed by atoms with E-state index in [0.29, 0.717) is 11.8 Å². The van der Waals surface area contributed by atoms with Gasteiger partial charge in [-0.25, -0.2) is 0 Å². The van der Waals surface area contributed by atoms with Crippen LogP contribution in [0.4, 0.5) is 0 Å². The molecular weight excluding hydrogens is 466 g/mol. The highest BCUT2D eigenvalue weighted by Gasteiger charge is 2.25. The zero-order valence-electron chi connectivity index (χ0n) is 19.4. The maximum atomic E-state index is 13.1. The van der Waals surface area contributed by atoms with Crippen LogP contribution in [0.2, 0.25) is 0 Å². The lowest BCUT2D eigenvalue weighted by atomic mass is 9.91. The number of furan rings is 1. The molecule has 0 spiro atoms. The van der Waals surface area contributed by atoms with Crippen LogP contribution in [0.3, 0.4) is 0 Å². The van der Waals surface area contributed by atoms with E-state index in [2.05, 4.69) is 48.0 Å². The van der Waals surface area contributed by atoms with Gasteiger partial charge < -0.3 is 14.1 Å². The largest absolute Gasteiger partial charge is 0.496 e. The summed E-state index contributed by atoms with van der Waals surface area (Å²) in [5, 5.41) is 1.01. The number of piperidine rings is 1. The van der Waals surface area contributed by atoms with Crippen LogP contribution in [0.1, 0.15) is 38.3 Å². The summed E-state index contributed by atoms with van der Waals surface area (Å²) in [4.78, 5) is 15.1. The first-order chi connectivity index (χ1) is 15.3. The van der Waals surface area contributed by atoms with E-state index in [1.807, 2.05) is 30.9 Å². The van der Waals surface area contributed by atoms with Gasteiger partial charge in [0.25, 0.3) is 0 Å². The quantitative estimate of drug-likeness (QED) is 0.362. The van der Waals surface area contributed by atoms with E-state index in [-0.39, 0.29) is 5.91 Å². The molecule has 0 aliphatic carbocycles. The minimum Gasteiger partial charge on any atom is -0.496 e. The van der Waals surface area contributed by atoms with E-state index in [0.717, 1.165) is 62.1 Å². The molecule has 2 atom stereocenters. The fourth-order valence-electron chi connectivity index (χ4n) is 4.92. The molecule has 3 aromatic rings. The minimum atomic E-state index is 0.0704. The van der Waals surface area contributed by atoms with Crippen LogP contribution in [-0.4, -0.2) is 31.0 Å². The highest BCUT2D eigenvalue weighted by atomic mass is 79.9. The molecule has 1 saturated heterocycles. The molecule has 2 aromatic carbocycles. The van der Waals surface area contributed by atoms with E-state index in [1.165, 1.54) is 6.42 Å². The van der Waals surface area contributed by atoms with Gasteiger partial charge in [0.05, 0.1) is 13.4 Å². The van der Waals surface area contributed by atoms with E-state index in [1.54, 1.807) is 19.4 Å². The Hall–Kier alpha value is -2.53. The number of methoxy groups -OCH3 is 1. The monoisotopic (exact) mass is 495 g/mol. The van der Waals surface area contributed by atoms with Crippen LogP contribution in [0.5, 0.6) is 5.75 Å². The van der Waals surface area contributed by atoms with Crippen molar-refractivity contribution in [1.29, 1.82) is 0 Å². The van der Waals surface area contributed by atoms with Crippen molar-refractivity contribution in [3.63, 3.8) is 0 Å². The van der Waals surface area contributed by atoms with Gasteiger partial charge in [-0.3, -0.25) is 4.79 Å². The number of carbonyl (C=O) groups is 1. The lowest BCUT2D eigenvalue weighted by Gasteiger charge is -2.34. The normalized spacial score (nSPS) is 19.4. The number of carbonyl (C=O) groups excluding carboxylic acids is 1. The predicted octanol–water partition coefficient (Wildman–Crippen LogP) is 7.09. The van der Waals surface area contributed by atoms with Gasteiger partial charge in [-0.2, -0.15) is 0 Å². The van der Waals surface area contributed by atoms with E-state index < -0.39 is 0 Å². The lowest BCUT2D eigenvalue weighted by molar-refractivity contribution is -0.128. The van der Waals surface area contributed by atoms with E-state index in [9.17, 15) is 4.79 Å². The van der Waals surface area contributed by atoms with Crippen molar-refractivity contribution in [3.05, 3.63) is 58.3 Å². The number of fused-ring (bicyclic) bond motifs is 1. The van der Waals surface area contributed by atoms with Gasteiger partial charge in [-0.05, 0) is 61.4 Å². The van der Waals surface area contributed by atoms with Crippen LogP contribution in [-0.2, 0) is 4.79 Å². The third-order valence-corrected chi connectivity index (χ3v) is 6.88. The van der Waals surface area contributed by atoms with Gasteiger partial charge in [0.1, 0.15) is 11.3 Å². The minimum absolute atomic E-state index is 0.0704. The number of hydrogen-bond acceptors (Lipinski definition) is 3. The summed E-state index contributed by atoms with van der Waals surface area (Å²) in [6, 6.07) is 10.3. The SMILES string of the molecule is COc1c(/C(C)=C/C(=O)N2CC(C)CC(C)C2)cc2c(-c3ccc(Br)cc3)coc2c1C. The van der Waals surface area contributed by atoms with Crippen molar-refractivity contribution in [2.24, 2.45) is 11.8 Å².